The van der Waals surface area contributed by atoms with E-state index in [1.165, 1.54) is 18.3 Å². The number of methoxy groups -OCH3 is 1. The first kappa shape index (κ1) is 30.8. The molecule has 1 saturated carbocycles. The Kier molecular flexibility index (Phi) is 9.18. The van der Waals surface area contributed by atoms with Crippen molar-refractivity contribution in [2.75, 3.05) is 26.7 Å². The van der Waals surface area contributed by atoms with E-state index < -0.39 is 12.1 Å². The number of hydrogen-bond acceptors (Lipinski definition) is 8. The number of amides is 3. The van der Waals surface area contributed by atoms with Crippen LogP contribution >= 0.6 is 11.3 Å². The molecule has 0 unspecified atom stereocenters. The first-order valence-corrected chi connectivity index (χ1v) is 16.1. The molecule has 2 fully saturated rings. The van der Waals surface area contributed by atoms with Gasteiger partial charge in [0.25, 0.3) is 0 Å². The number of hydrogen-bond donors (Lipinski definition) is 1. The molecule has 11 heteroatoms. The Hall–Kier alpha value is -4.22. The molecular weight excluding hydrogens is 594 g/mol. The highest BCUT2D eigenvalue weighted by molar-refractivity contribution is 7.12. The molecule has 3 amide bonds. The molecule has 1 aromatic heterocycles. The van der Waals surface area contributed by atoms with Crippen molar-refractivity contribution in [1.82, 2.24) is 15.1 Å². The number of benzene rings is 2. The van der Waals surface area contributed by atoms with E-state index in [9.17, 15) is 19.2 Å². The maximum absolute atomic E-state index is 13.4. The first-order valence-electron chi connectivity index (χ1n) is 15.3. The van der Waals surface area contributed by atoms with Gasteiger partial charge in [-0.3, -0.25) is 19.2 Å². The van der Waals surface area contributed by atoms with Crippen molar-refractivity contribution in [1.29, 1.82) is 0 Å². The number of nitrogens with zero attached hydrogens (tertiary/aromatic N) is 2. The summed E-state index contributed by atoms with van der Waals surface area (Å²) in [5.74, 6) is 1.26. The average Bonchev–Trinajstić information content (AvgIpc) is 3.62. The van der Waals surface area contributed by atoms with E-state index in [4.69, 9.17) is 14.2 Å². The van der Waals surface area contributed by atoms with Crippen LogP contribution in [0.2, 0.25) is 0 Å². The zero-order valence-electron chi connectivity index (χ0n) is 25.5. The standard InChI is InChI=1S/C34H37N3O7S/c1-21(38)31-14-24(20-45-31)15-34(41)36-16-27-30(17-36)43-19-23-4-3-5-26(12-23)44-28-10-6-22(13-29(28)42-2)7-11-33(40)37(25-8-9-25)18-32(39)35-27/h3-6,10,12-14,20,25,27,30H,7-9,11,15-19H2,1-2H3,(H,35,39)/t27-,30-/m0/s1. The second-order valence-electron chi connectivity index (χ2n) is 11.9. The van der Waals surface area contributed by atoms with E-state index in [1.807, 2.05) is 47.8 Å². The summed E-state index contributed by atoms with van der Waals surface area (Å²) in [4.78, 5) is 55.8. The maximum atomic E-state index is 13.4. The van der Waals surface area contributed by atoms with Crippen molar-refractivity contribution in [3.63, 3.8) is 0 Å². The van der Waals surface area contributed by atoms with Gasteiger partial charge in [0.15, 0.2) is 17.3 Å². The molecule has 3 aliphatic heterocycles. The molecule has 0 radical (unpaired) electrons. The van der Waals surface area contributed by atoms with Gasteiger partial charge in [-0.25, -0.2) is 0 Å². The van der Waals surface area contributed by atoms with Gasteiger partial charge in [-0.1, -0.05) is 18.2 Å². The van der Waals surface area contributed by atoms with E-state index >= 15 is 0 Å². The van der Waals surface area contributed by atoms with Crippen molar-refractivity contribution in [3.8, 4) is 17.2 Å². The molecule has 4 bridgehead atoms. The zero-order valence-corrected chi connectivity index (χ0v) is 26.3. The lowest BCUT2D eigenvalue weighted by atomic mass is 10.1. The van der Waals surface area contributed by atoms with Crippen molar-refractivity contribution in [2.24, 2.45) is 0 Å². The molecule has 2 atom stereocenters. The largest absolute Gasteiger partial charge is 0.493 e. The lowest BCUT2D eigenvalue weighted by molar-refractivity contribution is -0.137. The van der Waals surface area contributed by atoms with E-state index in [0.29, 0.717) is 35.1 Å². The summed E-state index contributed by atoms with van der Waals surface area (Å²) in [6, 6.07) is 14.6. The normalized spacial score (nSPS) is 20.8. The highest BCUT2D eigenvalue weighted by Gasteiger charge is 2.39. The third-order valence-electron chi connectivity index (χ3n) is 8.39. The summed E-state index contributed by atoms with van der Waals surface area (Å²) in [6.45, 7) is 2.30. The quantitative estimate of drug-likeness (QED) is 0.421. The van der Waals surface area contributed by atoms with Gasteiger partial charge in [-0.2, -0.15) is 0 Å². The molecule has 2 aromatic carbocycles. The lowest BCUT2D eigenvalue weighted by Gasteiger charge is -2.25. The Morgan fingerprint density at radius 1 is 1.04 bits per heavy atom. The molecule has 1 saturated heterocycles. The van der Waals surface area contributed by atoms with E-state index in [-0.39, 0.29) is 62.1 Å². The average molecular weight is 632 g/mol. The van der Waals surface area contributed by atoms with Crippen molar-refractivity contribution < 1.29 is 33.4 Å². The van der Waals surface area contributed by atoms with Crippen LogP contribution in [0.25, 0.3) is 0 Å². The monoisotopic (exact) mass is 631 g/mol. The fourth-order valence-electron chi connectivity index (χ4n) is 5.81. The van der Waals surface area contributed by atoms with Gasteiger partial charge >= 0.3 is 0 Å². The van der Waals surface area contributed by atoms with E-state index in [1.54, 1.807) is 23.0 Å². The zero-order chi connectivity index (χ0) is 31.5. The Labute approximate surface area is 266 Å². The number of carbonyl (C=O) groups is 4. The highest BCUT2D eigenvalue weighted by atomic mass is 32.1. The minimum atomic E-state index is -0.461. The van der Waals surface area contributed by atoms with Gasteiger partial charge in [-0.05, 0) is 78.6 Å². The number of fused-ring (bicyclic) bond motifs is 9. The van der Waals surface area contributed by atoms with E-state index in [2.05, 4.69) is 5.32 Å². The summed E-state index contributed by atoms with van der Waals surface area (Å²) in [6.07, 6.45) is 2.22. The Morgan fingerprint density at radius 2 is 1.89 bits per heavy atom. The molecule has 236 valence electrons. The molecule has 1 N–H and O–H groups in total. The number of ether oxygens (including phenoxy) is 3. The Bertz CT molecular complexity index is 1600. The topological polar surface area (TPSA) is 114 Å². The summed E-state index contributed by atoms with van der Waals surface area (Å²) >= 11 is 1.33. The molecule has 4 heterocycles. The molecule has 7 rings (SSSR count). The van der Waals surface area contributed by atoms with Crippen LogP contribution in [0.15, 0.2) is 53.9 Å². The van der Waals surface area contributed by atoms with Crippen molar-refractivity contribution in [2.45, 2.75) is 63.8 Å². The van der Waals surface area contributed by atoms with Crippen molar-refractivity contribution in [3.05, 3.63) is 75.5 Å². The number of likely N-dealkylation sites (tertiary alicyclic amines) is 1. The van der Waals surface area contributed by atoms with Crippen LogP contribution in [-0.4, -0.2) is 78.2 Å². The number of Topliss-reactive ketones (excluding diaryl/α,β-unsaturated/α-hetero) is 1. The molecular formula is C34H37N3O7S. The van der Waals surface area contributed by atoms with Crippen LogP contribution < -0.4 is 14.8 Å². The predicted molar refractivity (Wildman–Crippen MR) is 168 cm³/mol. The summed E-state index contributed by atoms with van der Waals surface area (Å²) in [5.41, 5.74) is 2.59. The van der Waals surface area contributed by atoms with Gasteiger partial charge in [0, 0.05) is 25.6 Å². The lowest BCUT2D eigenvalue weighted by Crippen LogP contribution is -2.49. The Morgan fingerprint density at radius 3 is 2.64 bits per heavy atom. The van der Waals surface area contributed by atoms with Crippen molar-refractivity contribution >= 4 is 34.8 Å². The Balaban J connectivity index is 1.23. The van der Waals surface area contributed by atoms with E-state index in [0.717, 1.165) is 29.5 Å². The molecule has 4 aliphatic rings. The summed E-state index contributed by atoms with van der Waals surface area (Å²) < 4.78 is 18.1. The minimum absolute atomic E-state index is 0.0293. The van der Waals surface area contributed by atoms with Crippen LogP contribution in [0, 0.1) is 0 Å². The number of thiophene rings is 1. The van der Waals surface area contributed by atoms with Gasteiger partial charge in [-0.15, -0.1) is 11.3 Å². The number of aryl methyl sites for hydroxylation is 1. The maximum Gasteiger partial charge on any atom is 0.240 e. The summed E-state index contributed by atoms with van der Waals surface area (Å²) in [7, 11) is 1.58. The third-order valence-corrected chi connectivity index (χ3v) is 9.47. The van der Waals surface area contributed by atoms with Gasteiger partial charge in [0.2, 0.25) is 17.7 Å². The molecule has 45 heavy (non-hydrogen) atoms. The highest BCUT2D eigenvalue weighted by Crippen LogP contribution is 2.34. The first-order chi connectivity index (χ1) is 21.7. The molecule has 1 aliphatic carbocycles. The van der Waals surface area contributed by atoms with Gasteiger partial charge in [0.1, 0.15) is 5.75 Å². The predicted octanol–water partition coefficient (Wildman–Crippen LogP) is 4.14. The molecule has 10 nitrogen and oxygen atoms in total. The second-order valence-corrected chi connectivity index (χ2v) is 12.8. The number of ketones is 1. The smallest absolute Gasteiger partial charge is 0.240 e. The van der Waals surface area contributed by atoms with Crippen LogP contribution in [0.3, 0.4) is 0 Å². The number of rotatable bonds is 5. The second kappa shape index (κ2) is 13.4. The molecule has 3 aromatic rings. The SMILES string of the molecule is COc1cc2ccc1Oc1cccc(c1)CO[C@H]1CN(C(=O)Cc3csc(C(C)=O)c3)C[C@@H]1NC(=O)CN(C1CC1)C(=O)CC2. The van der Waals surface area contributed by atoms with Crippen LogP contribution in [0.5, 0.6) is 17.2 Å². The van der Waals surface area contributed by atoms with Gasteiger partial charge < -0.3 is 29.3 Å². The van der Waals surface area contributed by atoms with Crippen LogP contribution in [0.4, 0.5) is 0 Å². The minimum Gasteiger partial charge on any atom is -0.493 e. The fourth-order valence-corrected chi connectivity index (χ4v) is 6.63. The number of carbonyl (C=O) groups excluding carboxylic acids is 4. The van der Waals surface area contributed by atoms with Crippen LogP contribution in [-0.2, 0) is 38.6 Å². The van der Waals surface area contributed by atoms with Gasteiger partial charge in [0.05, 0.1) is 43.7 Å². The number of nitrogens with one attached hydrogen (secondary N) is 1. The molecule has 0 spiro atoms. The fraction of sp³-hybridized carbons (Fsp3) is 0.412. The summed E-state index contributed by atoms with van der Waals surface area (Å²) in [5, 5.41) is 4.91. The van der Waals surface area contributed by atoms with Crippen LogP contribution in [0.1, 0.15) is 52.5 Å². The third kappa shape index (κ3) is 7.54.